The number of unbranched alkanes of at least 4 members (excludes halogenated alkanes) is 1. The van der Waals surface area contributed by atoms with Crippen LogP contribution in [0.25, 0.3) is 0 Å². The smallest absolute Gasteiger partial charge is 0.239 e. The highest BCUT2D eigenvalue weighted by atomic mass is 32.2. The maximum atomic E-state index is 11.5. The molecule has 2 N–H and O–H groups in total. The molecule has 0 radical (unpaired) electrons. The van der Waals surface area contributed by atoms with Gasteiger partial charge in [0.05, 0.1) is 6.54 Å². The summed E-state index contributed by atoms with van der Waals surface area (Å²) >= 11 is 1.89. The zero-order valence-corrected chi connectivity index (χ0v) is 11.6. The van der Waals surface area contributed by atoms with Crippen LogP contribution in [0.2, 0.25) is 0 Å². The lowest BCUT2D eigenvalue weighted by atomic mass is 10.4. The summed E-state index contributed by atoms with van der Waals surface area (Å²) in [7, 11) is 0. The number of hydrogen-bond acceptors (Lipinski definition) is 4. The van der Waals surface area contributed by atoms with Crippen LogP contribution in [0.4, 0.5) is 5.82 Å². The molecule has 0 saturated carbocycles. The number of aromatic nitrogens is 1. The van der Waals surface area contributed by atoms with Gasteiger partial charge in [0.15, 0.2) is 0 Å². The molecule has 1 amide bonds. The van der Waals surface area contributed by atoms with Gasteiger partial charge in [0, 0.05) is 18.5 Å². The number of carbonyl (C=O) groups excluding carboxylic acids is 1. The van der Waals surface area contributed by atoms with Gasteiger partial charge in [-0.05, 0) is 24.3 Å². The highest BCUT2D eigenvalue weighted by Crippen LogP contribution is 2.02. The van der Waals surface area contributed by atoms with Gasteiger partial charge in [0.25, 0.3) is 0 Å². The van der Waals surface area contributed by atoms with Crippen LogP contribution < -0.4 is 10.6 Å². The number of nitrogens with one attached hydrogen (secondary N) is 2. The van der Waals surface area contributed by atoms with Crippen LogP contribution in [0.15, 0.2) is 24.4 Å². The van der Waals surface area contributed by atoms with Gasteiger partial charge in [-0.15, -0.1) is 0 Å². The summed E-state index contributed by atoms with van der Waals surface area (Å²) < 4.78 is 0. The molecule has 5 heteroatoms. The molecule has 1 rings (SSSR count). The average molecular weight is 267 g/mol. The third-order valence-corrected chi connectivity index (χ3v) is 3.38. The van der Waals surface area contributed by atoms with Crippen LogP contribution >= 0.6 is 11.8 Å². The first-order valence-electron chi connectivity index (χ1n) is 6.32. The molecule has 0 aliphatic heterocycles. The van der Waals surface area contributed by atoms with Crippen molar-refractivity contribution < 1.29 is 4.79 Å². The Hall–Kier alpha value is -1.23. The first kappa shape index (κ1) is 14.8. The zero-order valence-electron chi connectivity index (χ0n) is 10.8. The van der Waals surface area contributed by atoms with Crippen LogP contribution in [0.3, 0.4) is 0 Å². The molecule has 0 unspecified atom stereocenters. The second-order valence-corrected chi connectivity index (χ2v) is 5.11. The Morgan fingerprint density at radius 3 is 3.00 bits per heavy atom. The fourth-order valence-corrected chi connectivity index (χ4v) is 2.26. The Morgan fingerprint density at radius 2 is 2.28 bits per heavy atom. The number of thioether (sulfide) groups is 1. The van der Waals surface area contributed by atoms with Gasteiger partial charge < -0.3 is 10.6 Å². The molecule has 100 valence electrons. The van der Waals surface area contributed by atoms with Crippen molar-refractivity contribution in [2.24, 2.45) is 0 Å². The van der Waals surface area contributed by atoms with Crippen LogP contribution in [-0.2, 0) is 4.79 Å². The van der Waals surface area contributed by atoms with Gasteiger partial charge in [0.1, 0.15) is 5.82 Å². The Kier molecular flexibility index (Phi) is 8.04. The molecule has 0 atom stereocenters. The first-order chi connectivity index (χ1) is 8.83. The van der Waals surface area contributed by atoms with E-state index in [9.17, 15) is 4.79 Å². The van der Waals surface area contributed by atoms with E-state index in [1.807, 2.05) is 30.0 Å². The average Bonchev–Trinajstić information content (AvgIpc) is 2.41. The van der Waals surface area contributed by atoms with Gasteiger partial charge in [-0.2, -0.15) is 11.8 Å². The minimum Gasteiger partial charge on any atom is -0.361 e. The predicted molar refractivity (Wildman–Crippen MR) is 78.0 cm³/mol. The van der Waals surface area contributed by atoms with Crippen molar-refractivity contribution in [3.05, 3.63) is 24.4 Å². The lowest BCUT2D eigenvalue weighted by Gasteiger charge is -2.06. The largest absolute Gasteiger partial charge is 0.361 e. The fourth-order valence-electron chi connectivity index (χ4n) is 1.31. The molecule has 0 aromatic carbocycles. The van der Waals surface area contributed by atoms with Crippen LogP contribution in [0, 0.1) is 0 Å². The van der Waals surface area contributed by atoms with E-state index in [-0.39, 0.29) is 12.5 Å². The Balaban J connectivity index is 2.01. The number of amides is 1. The Bertz CT molecular complexity index is 332. The summed E-state index contributed by atoms with van der Waals surface area (Å²) in [6.07, 6.45) is 4.18. The second-order valence-electron chi connectivity index (χ2n) is 3.88. The van der Waals surface area contributed by atoms with Crippen LogP contribution in [0.5, 0.6) is 0 Å². The number of nitrogens with zero attached hydrogens (tertiary/aromatic N) is 1. The second kappa shape index (κ2) is 9.76. The summed E-state index contributed by atoms with van der Waals surface area (Å²) in [5, 5.41) is 5.86. The Morgan fingerprint density at radius 1 is 1.39 bits per heavy atom. The third kappa shape index (κ3) is 7.17. The van der Waals surface area contributed by atoms with E-state index in [2.05, 4.69) is 22.5 Å². The van der Waals surface area contributed by atoms with Gasteiger partial charge in [-0.3, -0.25) is 4.79 Å². The summed E-state index contributed by atoms with van der Waals surface area (Å²) in [5.74, 6) is 2.90. The molecule has 1 aromatic heterocycles. The topological polar surface area (TPSA) is 54.0 Å². The standard InChI is InChI=1S/C13H21N3OS/c1-2-3-9-18-10-8-15-13(17)11-16-12-6-4-5-7-14-12/h4-7H,2-3,8-11H2,1H3,(H,14,16)(H,15,17). The van der Waals surface area contributed by atoms with Gasteiger partial charge in [-0.1, -0.05) is 19.4 Å². The first-order valence-corrected chi connectivity index (χ1v) is 7.47. The van der Waals surface area contributed by atoms with E-state index < -0.39 is 0 Å². The van der Waals surface area contributed by atoms with E-state index >= 15 is 0 Å². The molecule has 0 saturated heterocycles. The molecule has 0 aliphatic rings. The van der Waals surface area contributed by atoms with E-state index in [1.165, 1.54) is 18.6 Å². The van der Waals surface area contributed by atoms with Gasteiger partial charge >= 0.3 is 0 Å². The van der Waals surface area contributed by atoms with Crippen molar-refractivity contribution in [1.29, 1.82) is 0 Å². The van der Waals surface area contributed by atoms with Crippen LogP contribution in [-0.4, -0.2) is 35.5 Å². The molecule has 0 aliphatic carbocycles. The normalized spacial score (nSPS) is 10.1. The maximum absolute atomic E-state index is 11.5. The molecule has 0 bridgehead atoms. The predicted octanol–water partition coefficient (Wildman–Crippen LogP) is 2.14. The Labute approximate surface area is 113 Å². The van der Waals surface area contributed by atoms with Crippen molar-refractivity contribution in [3.8, 4) is 0 Å². The van der Waals surface area contributed by atoms with Crippen molar-refractivity contribution in [3.63, 3.8) is 0 Å². The molecular weight excluding hydrogens is 246 g/mol. The minimum absolute atomic E-state index is 0.0109. The minimum atomic E-state index is 0.0109. The van der Waals surface area contributed by atoms with Crippen molar-refractivity contribution in [2.45, 2.75) is 19.8 Å². The molecule has 18 heavy (non-hydrogen) atoms. The van der Waals surface area contributed by atoms with E-state index in [0.717, 1.165) is 18.1 Å². The quantitative estimate of drug-likeness (QED) is 0.673. The molecule has 1 aromatic rings. The highest BCUT2D eigenvalue weighted by molar-refractivity contribution is 7.99. The summed E-state index contributed by atoms with van der Waals surface area (Å²) in [6, 6.07) is 5.57. The third-order valence-electron chi connectivity index (χ3n) is 2.31. The highest BCUT2D eigenvalue weighted by Gasteiger charge is 2.00. The molecule has 4 nitrogen and oxygen atoms in total. The number of pyridine rings is 1. The SMILES string of the molecule is CCCCSCCNC(=O)CNc1ccccn1. The molecule has 0 fully saturated rings. The maximum Gasteiger partial charge on any atom is 0.239 e. The fraction of sp³-hybridized carbons (Fsp3) is 0.538. The number of rotatable bonds is 9. The van der Waals surface area contributed by atoms with Crippen molar-refractivity contribution in [1.82, 2.24) is 10.3 Å². The number of hydrogen-bond donors (Lipinski definition) is 2. The van der Waals surface area contributed by atoms with Gasteiger partial charge in [0.2, 0.25) is 5.91 Å². The van der Waals surface area contributed by atoms with E-state index in [4.69, 9.17) is 0 Å². The van der Waals surface area contributed by atoms with Crippen LogP contribution in [0.1, 0.15) is 19.8 Å². The molecule has 0 spiro atoms. The summed E-state index contributed by atoms with van der Waals surface area (Å²) in [4.78, 5) is 15.6. The summed E-state index contributed by atoms with van der Waals surface area (Å²) in [5.41, 5.74) is 0. The van der Waals surface area contributed by atoms with Crippen molar-refractivity contribution in [2.75, 3.05) is 29.9 Å². The molecular formula is C13H21N3OS. The van der Waals surface area contributed by atoms with E-state index in [0.29, 0.717) is 0 Å². The number of carbonyl (C=O) groups is 1. The zero-order chi connectivity index (χ0) is 13.1. The number of anilines is 1. The van der Waals surface area contributed by atoms with E-state index in [1.54, 1.807) is 6.20 Å². The lowest BCUT2D eigenvalue weighted by molar-refractivity contribution is -0.119. The lowest BCUT2D eigenvalue weighted by Crippen LogP contribution is -2.31. The monoisotopic (exact) mass is 267 g/mol. The van der Waals surface area contributed by atoms with Crippen molar-refractivity contribution >= 4 is 23.5 Å². The molecule has 1 heterocycles. The van der Waals surface area contributed by atoms with Gasteiger partial charge in [-0.25, -0.2) is 4.98 Å². The summed E-state index contributed by atoms with van der Waals surface area (Å²) in [6.45, 7) is 3.19.